The summed E-state index contributed by atoms with van der Waals surface area (Å²) in [5.41, 5.74) is 0.754. The van der Waals surface area contributed by atoms with Crippen LogP contribution in [0.5, 0.6) is 0 Å². The van der Waals surface area contributed by atoms with Crippen molar-refractivity contribution in [2.24, 2.45) is 0 Å². The molecule has 0 aromatic heterocycles. The van der Waals surface area contributed by atoms with E-state index in [-0.39, 0.29) is 17.7 Å². The van der Waals surface area contributed by atoms with Gasteiger partial charge in [0.25, 0.3) is 0 Å². The summed E-state index contributed by atoms with van der Waals surface area (Å²) < 4.78 is 14.1. The predicted molar refractivity (Wildman–Crippen MR) is 87.4 cm³/mol. The van der Waals surface area contributed by atoms with Crippen LogP contribution in [0.25, 0.3) is 0 Å². The highest BCUT2D eigenvalue weighted by molar-refractivity contribution is 8.00. The predicted octanol–water partition coefficient (Wildman–Crippen LogP) is 2.04. The molecule has 120 valence electrons. The molecule has 1 fully saturated rings. The van der Waals surface area contributed by atoms with Crippen molar-refractivity contribution in [1.82, 2.24) is 5.32 Å². The van der Waals surface area contributed by atoms with Crippen LogP contribution in [0.2, 0.25) is 0 Å². The molecule has 1 aliphatic rings. The highest BCUT2D eigenvalue weighted by Gasteiger charge is 2.23. The fourth-order valence-corrected chi connectivity index (χ4v) is 3.07. The quantitative estimate of drug-likeness (QED) is 0.835. The van der Waals surface area contributed by atoms with E-state index in [1.54, 1.807) is 12.1 Å². The number of thioether (sulfide) groups is 1. The third-order valence-electron chi connectivity index (χ3n) is 3.60. The number of amides is 1. The molecule has 1 N–H and O–H groups in total. The van der Waals surface area contributed by atoms with Gasteiger partial charge in [0.2, 0.25) is 5.91 Å². The third kappa shape index (κ3) is 4.87. The number of carbonyl (C=O) groups is 1. The Labute approximate surface area is 139 Å². The van der Waals surface area contributed by atoms with Crippen molar-refractivity contribution in [2.45, 2.75) is 18.9 Å². The van der Waals surface area contributed by atoms with Gasteiger partial charge in [-0.05, 0) is 31.0 Å². The molecule has 1 amide bonds. The van der Waals surface area contributed by atoms with Gasteiger partial charge in [0, 0.05) is 19.1 Å². The molecule has 5 nitrogen and oxygen atoms in total. The van der Waals surface area contributed by atoms with Gasteiger partial charge in [-0.2, -0.15) is 10.5 Å². The maximum absolute atomic E-state index is 14.1. The van der Waals surface area contributed by atoms with E-state index in [0.29, 0.717) is 23.5 Å². The molecule has 1 aromatic rings. The Morgan fingerprint density at radius 1 is 1.48 bits per heavy atom. The first-order chi connectivity index (χ1) is 11.1. The SMILES string of the molecule is N#CCSCC(=O)NC1CCCN(c2ccc(C#N)cc2F)C1. The maximum Gasteiger partial charge on any atom is 0.230 e. The fraction of sp³-hybridized carbons (Fsp3) is 0.438. The van der Waals surface area contributed by atoms with Crippen LogP contribution in [0.15, 0.2) is 18.2 Å². The van der Waals surface area contributed by atoms with Crippen molar-refractivity contribution in [2.75, 3.05) is 29.5 Å². The number of carbonyl (C=O) groups excluding carboxylic acids is 1. The van der Waals surface area contributed by atoms with Gasteiger partial charge in [0.15, 0.2) is 0 Å². The number of nitrogens with zero attached hydrogens (tertiary/aromatic N) is 3. The molecule has 1 aliphatic heterocycles. The van der Waals surface area contributed by atoms with Gasteiger partial charge in [0.05, 0.1) is 34.9 Å². The van der Waals surface area contributed by atoms with Crippen LogP contribution in [-0.2, 0) is 4.79 Å². The Kier molecular flexibility index (Phi) is 6.25. The molecular formula is C16H17FN4OS. The fourth-order valence-electron chi connectivity index (χ4n) is 2.61. The highest BCUT2D eigenvalue weighted by Crippen LogP contribution is 2.24. The minimum atomic E-state index is -0.416. The van der Waals surface area contributed by atoms with E-state index in [4.69, 9.17) is 10.5 Å². The summed E-state index contributed by atoms with van der Waals surface area (Å²) in [5, 5.41) is 20.2. The second kappa shape index (κ2) is 8.40. The average molecular weight is 332 g/mol. The summed E-state index contributed by atoms with van der Waals surface area (Å²) >= 11 is 1.28. The zero-order valence-corrected chi connectivity index (χ0v) is 13.4. The van der Waals surface area contributed by atoms with E-state index >= 15 is 0 Å². The van der Waals surface area contributed by atoms with Crippen LogP contribution in [0.4, 0.5) is 10.1 Å². The number of nitrogens with one attached hydrogen (secondary N) is 1. The normalized spacial score (nSPS) is 17.2. The van der Waals surface area contributed by atoms with Gasteiger partial charge in [-0.1, -0.05) is 0 Å². The van der Waals surface area contributed by atoms with Gasteiger partial charge in [-0.25, -0.2) is 4.39 Å². The summed E-state index contributed by atoms with van der Waals surface area (Å²) in [7, 11) is 0. The summed E-state index contributed by atoms with van der Waals surface area (Å²) in [4.78, 5) is 13.7. The molecule has 1 atom stereocenters. The zero-order chi connectivity index (χ0) is 16.7. The van der Waals surface area contributed by atoms with Gasteiger partial charge >= 0.3 is 0 Å². The standard InChI is InChI=1S/C16H17FN4OS/c17-14-8-12(9-19)3-4-15(14)21-6-1-2-13(10-21)20-16(22)11-23-7-5-18/h3-4,8,13H,1-2,6-7,10-11H2,(H,20,22). The van der Waals surface area contributed by atoms with Crippen LogP contribution in [0.3, 0.4) is 0 Å². The Balaban J connectivity index is 1.94. The number of piperidine rings is 1. The number of hydrogen-bond acceptors (Lipinski definition) is 5. The Bertz CT molecular complexity index is 652. The lowest BCUT2D eigenvalue weighted by Gasteiger charge is -2.35. The second-order valence-electron chi connectivity index (χ2n) is 5.28. The first-order valence-electron chi connectivity index (χ1n) is 7.32. The van der Waals surface area contributed by atoms with Crippen molar-refractivity contribution in [1.29, 1.82) is 10.5 Å². The van der Waals surface area contributed by atoms with Crippen molar-refractivity contribution in [3.05, 3.63) is 29.6 Å². The summed E-state index contributed by atoms with van der Waals surface area (Å²) in [5.74, 6) is 0.0358. The second-order valence-corrected chi connectivity index (χ2v) is 6.27. The topological polar surface area (TPSA) is 79.9 Å². The molecule has 0 spiro atoms. The number of benzene rings is 1. The van der Waals surface area contributed by atoms with E-state index in [2.05, 4.69) is 5.32 Å². The smallest absolute Gasteiger partial charge is 0.230 e. The van der Waals surface area contributed by atoms with E-state index < -0.39 is 5.82 Å². The van der Waals surface area contributed by atoms with Crippen molar-refractivity contribution < 1.29 is 9.18 Å². The molecular weight excluding hydrogens is 315 g/mol. The number of nitriles is 2. The lowest BCUT2D eigenvalue weighted by molar-refractivity contribution is -0.119. The van der Waals surface area contributed by atoms with Gasteiger partial charge in [0.1, 0.15) is 5.82 Å². The third-order valence-corrected chi connectivity index (χ3v) is 4.40. The lowest BCUT2D eigenvalue weighted by atomic mass is 10.0. The molecule has 0 saturated carbocycles. The summed E-state index contributed by atoms with van der Waals surface area (Å²) in [6.45, 7) is 1.26. The number of anilines is 1. The van der Waals surface area contributed by atoms with Crippen molar-refractivity contribution in [3.8, 4) is 12.1 Å². The van der Waals surface area contributed by atoms with E-state index in [1.165, 1.54) is 17.8 Å². The van der Waals surface area contributed by atoms with E-state index in [1.807, 2.05) is 17.0 Å². The maximum atomic E-state index is 14.1. The van der Waals surface area contributed by atoms with Gasteiger partial charge < -0.3 is 10.2 Å². The van der Waals surface area contributed by atoms with Gasteiger partial charge in [-0.15, -0.1) is 11.8 Å². The molecule has 0 aliphatic carbocycles. The highest BCUT2D eigenvalue weighted by atomic mass is 32.2. The minimum Gasteiger partial charge on any atom is -0.367 e. The molecule has 2 rings (SSSR count). The Morgan fingerprint density at radius 3 is 3.00 bits per heavy atom. The van der Waals surface area contributed by atoms with Crippen LogP contribution < -0.4 is 10.2 Å². The average Bonchev–Trinajstić information content (AvgIpc) is 2.55. The largest absolute Gasteiger partial charge is 0.367 e. The number of halogens is 1. The van der Waals surface area contributed by atoms with Crippen LogP contribution in [-0.4, -0.2) is 36.5 Å². The molecule has 0 bridgehead atoms. The van der Waals surface area contributed by atoms with E-state index in [0.717, 1.165) is 19.4 Å². The molecule has 1 heterocycles. The molecule has 0 radical (unpaired) electrons. The van der Waals surface area contributed by atoms with Crippen LogP contribution >= 0.6 is 11.8 Å². The van der Waals surface area contributed by atoms with E-state index in [9.17, 15) is 9.18 Å². The first-order valence-corrected chi connectivity index (χ1v) is 8.48. The first kappa shape index (κ1) is 17.1. The minimum absolute atomic E-state index is 0.0334. The Morgan fingerprint density at radius 2 is 2.30 bits per heavy atom. The molecule has 23 heavy (non-hydrogen) atoms. The van der Waals surface area contributed by atoms with Crippen molar-refractivity contribution in [3.63, 3.8) is 0 Å². The summed E-state index contributed by atoms with van der Waals surface area (Å²) in [6.07, 6.45) is 1.71. The van der Waals surface area contributed by atoms with Gasteiger partial charge in [-0.3, -0.25) is 4.79 Å². The summed E-state index contributed by atoms with van der Waals surface area (Å²) in [6, 6.07) is 8.30. The molecule has 1 saturated heterocycles. The number of rotatable bonds is 5. The van der Waals surface area contributed by atoms with Crippen LogP contribution in [0, 0.1) is 28.5 Å². The van der Waals surface area contributed by atoms with Crippen LogP contribution in [0.1, 0.15) is 18.4 Å². The zero-order valence-electron chi connectivity index (χ0n) is 12.6. The van der Waals surface area contributed by atoms with Crippen molar-refractivity contribution >= 4 is 23.4 Å². The molecule has 1 unspecified atom stereocenters. The number of hydrogen-bond donors (Lipinski definition) is 1. The molecule has 7 heteroatoms. The lowest BCUT2D eigenvalue weighted by Crippen LogP contribution is -2.48. The molecule has 1 aromatic carbocycles. The Hall–Kier alpha value is -2.25. The monoisotopic (exact) mass is 332 g/mol.